The average Bonchev–Trinajstić information content (AvgIpc) is 3.54. The van der Waals surface area contributed by atoms with Gasteiger partial charge in [-0.05, 0) is 25.1 Å². The molecule has 6 N–H and O–H groups in total. The zero-order valence-corrected chi connectivity index (χ0v) is 25.6. The molecule has 0 aromatic heterocycles. The monoisotopic (exact) mass is 673 g/mol. The number of carbonyl (C=O) groups is 4. The number of alkyl halides is 3. The van der Waals surface area contributed by atoms with Gasteiger partial charge >= 0.3 is 6.09 Å². The van der Waals surface area contributed by atoms with Gasteiger partial charge in [-0.1, -0.05) is 47.4 Å². The molecule has 4 aliphatic rings. The Morgan fingerprint density at radius 2 is 1.93 bits per heavy atom. The molecule has 0 bridgehead atoms. The Hall–Kier alpha value is -3.50. The smallest absolute Gasteiger partial charge is 0.414 e. The van der Waals surface area contributed by atoms with Crippen LogP contribution in [0.3, 0.4) is 0 Å². The molecule has 4 atom stereocenters. The van der Waals surface area contributed by atoms with E-state index in [2.05, 4.69) is 32.8 Å². The van der Waals surface area contributed by atoms with Crippen LogP contribution in [-0.2, 0) is 14.3 Å². The summed E-state index contributed by atoms with van der Waals surface area (Å²) in [4.78, 5) is 58.0. The van der Waals surface area contributed by atoms with E-state index >= 15 is 0 Å². The van der Waals surface area contributed by atoms with Gasteiger partial charge in [0.25, 0.3) is 5.91 Å². The van der Waals surface area contributed by atoms with Crippen LogP contribution in [0.25, 0.3) is 0 Å². The summed E-state index contributed by atoms with van der Waals surface area (Å²) < 4.78 is 8.54. The van der Waals surface area contributed by atoms with Gasteiger partial charge in [0, 0.05) is 24.9 Å². The molecule has 238 valence electrons. The molecule has 1 aromatic carbocycles. The van der Waals surface area contributed by atoms with E-state index in [1.807, 2.05) is 0 Å². The summed E-state index contributed by atoms with van der Waals surface area (Å²) in [7, 11) is 0. The van der Waals surface area contributed by atoms with Gasteiger partial charge in [-0.3, -0.25) is 24.6 Å². The summed E-state index contributed by atoms with van der Waals surface area (Å²) in [6.07, 6.45) is -1.05. The highest BCUT2D eigenvalue weighted by molar-refractivity contribution is 6.67. The Kier molecular flexibility index (Phi) is 8.54. The second-order valence-corrected chi connectivity index (χ2v) is 13.1. The number of nitrogens with zero attached hydrogens (tertiary/aromatic N) is 3. The third kappa shape index (κ3) is 5.81. The molecule has 4 heterocycles. The molecular formula is C26H30Cl3N7O8. The van der Waals surface area contributed by atoms with Gasteiger partial charge in [-0.2, -0.15) is 0 Å². The summed E-state index contributed by atoms with van der Waals surface area (Å²) >= 11 is 17.1. The molecule has 44 heavy (non-hydrogen) atoms. The number of aliphatic imine (C=N–C) groups is 1. The van der Waals surface area contributed by atoms with Crippen LogP contribution >= 0.6 is 34.8 Å². The highest BCUT2D eigenvalue weighted by Crippen LogP contribution is 2.45. The third-order valence-electron chi connectivity index (χ3n) is 7.71. The van der Waals surface area contributed by atoms with Crippen molar-refractivity contribution >= 4 is 64.6 Å². The number of benzene rings is 1. The minimum atomic E-state index is -2.76. The molecule has 5 rings (SSSR count). The lowest BCUT2D eigenvalue weighted by Crippen LogP contribution is -2.78. The van der Waals surface area contributed by atoms with Crippen LogP contribution in [0, 0.1) is 0 Å². The highest BCUT2D eigenvalue weighted by Gasteiger charge is 2.74. The maximum atomic E-state index is 13.3. The van der Waals surface area contributed by atoms with Crippen molar-refractivity contribution in [2.75, 3.05) is 26.3 Å². The average molecular weight is 675 g/mol. The molecule has 0 radical (unpaired) electrons. The number of hydrogen-bond acceptors (Lipinski definition) is 12. The van der Waals surface area contributed by atoms with E-state index in [1.165, 1.54) is 17.0 Å². The Balaban J connectivity index is 1.50. The molecule has 0 unspecified atom stereocenters. The molecule has 18 heteroatoms. The maximum absolute atomic E-state index is 13.3. The molecule has 3 saturated heterocycles. The Morgan fingerprint density at radius 3 is 2.59 bits per heavy atom. The number of aliphatic hydroxyl groups is 2. The topological polar surface area (TPSA) is 194 Å². The first-order valence-electron chi connectivity index (χ1n) is 13.6. The molecule has 0 aliphatic carbocycles. The van der Waals surface area contributed by atoms with E-state index in [4.69, 9.17) is 44.3 Å². The van der Waals surface area contributed by atoms with Gasteiger partial charge in [0.1, 0.15) is 18.4 Å². The predicted octanol–water partition coefficient (Wildman–Crippen LogP) is -0.107. The Labute approximate surface area is 266 Å². The number of rotatable bonds is 7. The van der Waals surface area contributed by atoms with Crippen molar-refractivity contribution in [2.24, 2.45) is 4.99 Å². The fourth-order valence-electron chi connectivity index (χ4n) is 5.86. The fourth-order valence-corrected chi connectivity index (χ4v) is 6.02. The first-order valence-corrected chi connectivity index (χ1v) is 14.7. The van der Waals surface area contributed by atoms with Crippen molar-refractivity contribution in [3.8, 4) is 5.75 Å². The molecule has 0 saturated carbocycles. The second-order valence-electron chi connectivity index (χ2n) is 10.6. The van der Waals surface area contributed by atoms with Crippen LogP contribution in [0.1, 0.15) is 30.1 Å². The summed E-state index contributed by atoms with van der Waals surface area (Å²) in [6, 6.07) is 2.88. The number of guanidine groups is 1. The lowest BCUT2D eigenvalue weighted by atomic mass is 9.85. The van der Waals surface area contributed by atoms with Crippen LogP contribution < -0.4 is 26.0 Å². The lowest BCUT2D eigenvalue weighted by molar-refractivity contribution is -0.231. The Morgan fingerprint density at radius 1 is 1.23 bits per heavy atom. The molecule has 4 aliphatic heterocycles. The van der Waals surface area contributed by atoms with E-state index in [0.29, 0.717) is 12.4 Å². The maximum Gasteiger partial charge on any atom is 0.414 e. The zero-order chi connectivity index (χ0) is 32.0. The SMILES string of the molecule is C=C1N[C@H]2[C@H](CN3C(=O)CCC3=O)N=C(NC(=O)OCC(Cl)(Cl)Cl)N3C[C@H](NC(=O)c4cccc(OCC)c4)C(O)(O)[C@]23N1. The number of carbonyl (C=O) groups excluding carboxylic acids is 4. The summed E-state index contributed by atoms with van der Waals surface area (Å²) in [5, 5.41) is 34.7. The highest BCUT2D eigenvalue weighted by atomic mass is 35.6. The minimum Gasteiger partial charge on any atom is -0.494 e. The molecule has 15 nitrogen and oxygen atoms in total. The minimum absolute atomic E-state index is 0.0204. The fraction of sp³-hybridized carbons (Fsp3) is 0.500. The van der Waals surface area contributed by atoms with Crippen molar-refractivity contribution < 1.29 is 38.9 Å². The first kappa shape index (κ1) is 31.9. The van der Waals surface area contributed by atoms with Gasteiger partial charge in [0.05, 0.1) is 31.1 Å². The lowest BCUT2D eigenvalue weighted by Gasteiger charge is -2.49. The van der Waals surface area contributed by atoms with Crippen LogP contribution in [0.4, 0.5) is 4.79 Å². The van der Waals surface area contributed by atoms with E-state index in [9.17, 15) is 29.4 Å². The largest absolute Gasteiger partial charge is 0.494 e. The summed E-state index contributed by atoms with van der Waals surface area (Å²) in [6.45, 7) is 4.87. The van der Waals surface area contributed by atoms with Crippen molar-refractivity contribution in [1.29, 1.82) is 0 Å². The summed E-state index contributed by atoms with van der Waals surface area (Å²) in [5.74, 6) is -3.88. The normalized spacial score (nSPS) is 27.2. The molecule has 1 aromatic rings. The number of alkyl carbamates (subject to hydrolysis) is 1. The number of hydrogen-bond donors (Lipinski definition) is 6. The van der Waals surface area contributed by atoms with Gasteiger partial charge < -0.3 is 40.5 Å². The quantitative estimate of drug-likeness (QED) is 0.128. The van der Waals surface area contributed by atoms with Crippen molar-refractivity contribution in [2.45, 2.75) is 53.1 Å². The van der Waals surface area contributed by atoms with Crippen LogP contribution in [-0.4, -0.2) is 109 Å². The number of nitrogens with one attached hydrogen (secondary N) is 4. The van der Waals surface area contributed by atoms with Crippen molar-refractivity contribution in [1.82, 2.24) is 31.1 Å². The van der Waals surface area contributed by atoms with E-state index in [0.717, 1.165) is 4.90 Å². The van der Waals surface area contributed by atoms with Gasteiger partial charge in [0.15, 0.2) is 5.66 Å². The van der Waals surface area contributed by atoms with Gasteiger partial charge in [0.2, 0.25) is 27.4 Å². The number of imide groups is 1. The number of ether oxygens (including phenoxy) is 2. The third-order valence-corrected chi connectivity index (χ3v) is 8.03. The number of likely N-dealkylation sites (tertiary alicyclic amines) is 1. The molecular weight excluding hydrogens is 645 g/mol. The number of amides is 4. The second kappa shape index (κ2) is 11.8. The van der Waals surface area contributed by atoms with E-state index < -0.39 is 63.8 Å². The zero-order valence-electron chi connectivity index (χ0n) is 23.3. The van der Waals surface area contributed by atoms with Gasteiger partial charge in [-0.25, -0.2) is 9.79 Å². The van der Waals surface area contributed by atoms with Crippen LogP contribution in [0.5, 0.6) is 5.75 Å². The van der Waals surface area contributed by atoms with Gasteiger partial charge in [-0.15, -0.1) is 0 Å². The first-order chi connectivity index (χ1) is 20.7. The van der Waals surface area contributed by atoms with E-state index in [1.54, 1.807) is 19.1 Å². The van der Waals surface area contributed by atoms with Crippen molar-refractivity contribution in [3.05, 3.63) is 42.2 Å². The molecule has 1 spiro atoms. The van der Waals surface area contributed by atoms with Crippen LogP contribution in [0.15, 0.2) is 41.7 Å². The Bertz CT molecular complexity index is 1400. The summed E-state index contributed by atoms with van der Waals surface area (Å²) in [5.41, 5.74) is -1.73. The predicted molar refractivity (Wildman–Crippen MR) is 157 cm³/mol. The molecule has 3 fully saturated rings. The number of halogens is 3. The van der Waals surface area contributed by atoms with Crippen molar-refractivity contribution in [3.63, 3.8) is 0 Å². The standard InChI is InChI=1S/C26H30Cl3N7O8/c1-3-43-15-6-4-5-14(9-15)21(39)32-17-11-36-22(33-23(40)44-12-24(27,28)29)31-16(10-35-18(37)7-8-19(35)38)20-25(36,26(17,41)42)34-13(2)30-20/h4-6,9,16-17,20,30,34,41-42H,2-3,7-8,10-12H2,1H3,(H,32,39)(H,31,33,40)/t16-,17-,20-,25-/m0/s1. The molecule has 4 amide bonds. The van der Waals surface area contributed by atoms with E-state index in [-0.39, 0.29) is 43.3 Å². The van der Waals surface area contributed by atoms with Crippen LogP contribution in [0.2, 0.25) is 0 Å².